The molecule has 2 amide bonds. The fourth-order valence-corrected chi connectivity index (χ4v) is 2.99. The first kappa shape index (κ1) is 16.0. The Hall–Kier alpha value is -2.83. The molecule has 0 saturated carbocycles. The van der Waals surface area contributed by atoms with E-state index in [9.17, 15) is 14.4 Å². The third kappa shape index (κ3) is 2.97. The molecular weight excluding hydrogens is 310 g/mol. The van der Waals surface area contributed by atoms with Gasteiger partial charge in [-0.3, -0.25) is 14.4 Å². The van der Waals surface area contributed by atoms with Crippen LogP contribution >= 0.6 is 0 Å². The summed E-state index contributed by atoms with van der Waals surface area (Å²) in [5.74, 6) is -0.652. The van der Waals surface area contributed by atoms with E-state index in [4.69, 9.17) is 10.2 Å². The molecule has 1 fully saturated rings. The quantitative estimate of drug-likeness (QED) is 0.886. The second-order valence-corrected chi connectivity index (χ2v) is 6.08. The number of aromatic nitrogens is 1. The standard InChI is InChI=1S/C17H19N3O4/c1-10-4-5-11(15(18)21)9-20(10)17(23)12-6-7-13(19-16(12)22)14-3-2-8-24-14/h2-3,6-8,10-11H,4-5,9H2,1H3,(H2,18,21)(H,19,22)/t10-,11+/m0/s1. The average molecular weight is 329 g/mol. The van der Waals surface area contributed by atoms with Crippen molar-refractivity contribution in [3.05, 3.63) is 46.4 Å². The van der Waals surface area contributed by atoms with Gasteiger partial charge < -0.3 is 20.0 Å². The van der Waals surface area contributed by atoms with Gasteiger partial charge in [-0.25, -0.2) is 0 Å². The maximum absolute atomic E-state index is 12.7. The molecule has 0 radical (unpaired) electrons. The monoisotopic (exact) mass is 329 g/mol. The number of piperidine rings is 1. The number of carbonyl (C=O) groups excluding carboxylic acids is 2. The molecule has 2 aromatic rings. The fourth-order valence-electron chi connectivity index (χ4n) is 2.99. The highest BCUT2D eigenvalue weighted by molar-refractivity contribution is 5.94. The number of nitrogens with two attached hydrogens (primary N) is 1. The highest BCUT2D eigenvalue weighted by Gasteiger charge is 2.33. The molecule has 0 aromatic carbocycles. The number of furan rings is 1. The molecule has 24 heavy (non-hydrogen) atoms. The number of primary amides is 1. The molecule has 0 aliphatic carbocycles. The van der Waals surface area contributed by atoms with Crippen molar-refractivity contribution in [3.8, 4) is 11.5 Å². The van der Waals surface area contributed by atoms with Crippen LogP contribution in [0, 0.1) is 5.92 Å². The minimum atomic E-state index is -0.484. The Kier molecular flexibility index (Phi) is 4.24. The van der Waals surface area contributed by atoms with Gasteiger partial charge in [0, 0.05) is 12.6 Å². The van der Waals surface area contributed by atoms with Gasteiger partial charge in [-0.2, -0.15) is 0 Å². The summed E-state index contributed by atoms with van der Waals surface area (Å²) in [6.45, 7) is 2.15. The van der Waals surface area contributed by atoms with Crippen LogP contribution in [0.5, 0.6) is 0 Å². The summed E-state index contributed by atoms with van der Waals surface area (Å²) in [5.41, 5.74) is 5.43. The maximum Gasteiger partial charge on any atom is 0.261 e. The number of hydrogen-bond acceptors (Lipinski definition) is 4. The molecule has 1 aliphatic rings. The van der Waals surface area contributed by atoms with Crippen LogP contribution in [-0.4, -0.2) is 34.3 Å². The van der Waals surface area contributed by atoms with Gasteiger partial charge in [0.25, 0.3) is 11.5 Å². The molecule has 2 atom stereocenters. The molecule has 0 spiro atoms. The van der Waals surface area contributed by atoms with Gasteiger partial charge in [-0.1, -0.05) is 0 Å². The minimum Gasteiger partial charge on any atom is -0.463 e. The predicted molar refractivity (Wildman–Crippen MR) is 87.2 cm³/mol. The number of rotatable bonds is 3. The van der Waals surface area contributed by atoms with E-state index in [-0.39, 0.29) is 30.0 Å². The normalized spacial score (nSPS) is 20.8. The molecule has 2 aromatic heterocycles. The van der Waals surface area contributed by atoms with E-state index >= 15 is 0 Å². The van der Waals surface area contributed by atoms with Crippen LogP contribution in [0.15, 0.2) is 39.7 Å². The number of nitrogens with zero attached hydrogens (tertiary/aromatic N) is 1. The summed E-state index contributed by atoms with van der Waals surface area (Å²) >= 11 is 0. The van der Waals surface area contributed by atoms with Crippen molar-refractivity contribution in [2.24, 2.45) is 11.7 Å². The highest BCUT2D eigenvalue weighted by Crippen LogP contribution is 2.23. The highest BCUT2D eigenvalue weighted by atomic mass is 16.3. The van der Waals surface area contributed by atoms with Crippen molar-refractivity contribution in [2.45, 2.75) is 25.8 Å². The lowest BCUT2D eigenvalue weighted by molar-refractivity contribution is -0.123. The Balaban J connectivity index is 1.86. The van der Waals surface area contributed by atoms with Gasteiger partial charge in [0.1, 0.15) is 11.3 Å². The summed E-state index contributed by atoms with van der Waals surface area (Å²) < 4.78 is 5.23. The van der Waals surface area contributed by atoms with Crippen LogP contribution in [0.4, 0.5) is 0 Å². The van der Waals surface area contributed by atoms with E-state index < -0.39 is 11.5 Å². The van der Waals surface area contributed by atoms with Crippen molar-refractivity contribution in [1.29, 1.82) is 0 Å². The average Bonchev–Trinajstić information content (AvgIpc) is 3.09. The first-order chi connectivity index (χ1) is 11.5. The van der Waals surface area contributed by atoms with Crippen molar-refractivity contribution in [2.75, 3.05) is 6.54 Å². The second-order valence-electron chi connectivity index (χ2n) is 6.08. The van der Waals surface area contributed by atoms with Crippen LogP contribution in [0.1, 0.15) is 30.1 Å². The van der Waals surface area contributed by atoms with Crippen LogP contribution < -0.4 is 11.3 Å². The molecule has 126 valence electrons. The molecule has 7 heteroatoms. The van der Waals surface area contributed by atoms with Gasteiger partial charge >= 0.3 is 0 Å². The van der Waals surface area contributed by atoms with Crippen molar-refractivity contribution in [3.63, 3.8) is 0 Å². The van der Waals surface area contributed by atoms with Gasteiger partial charge in [0.05, 0.1) is 17.9 Å². The van der Waals surface area contributed by atoms with Gasteiger partial charge in [-0.05, 0) is 44.0 Å². The molecule has 3 N–H and O–H groups in total. The number of pyridine rings is 1. The van der Waals surface area contributed by atoms with E-state index in [2.05, 4.69) is 4.98 Å². The number of nitrogens with one attached hydrogen (secondary N) is 1. The second kappa shape index (κ2) is 6.35. The molecular formula is C17H19N3O4. The molecule has 1 aliphatic heterocycles. The lowest BCUT2D eigenvalue weighted by atomic mass is 9.92. The first-order valence-corrected chi connectivity index (χ1v) is 7.85. The van der Waals surface area contributed by atoms with Crippen molar-refractivity contribution >= 4 is 11.8 Å². The minimum absolute atomic E-state index is 0.0438. The fraction of sp³-hybridized carbons (Fsp3) is 0.353. The molecule has 7 nitrogen and oxygen atoms in total. The summed E-state index contributed by atoms with van der Waals surface area (Å²) in [4.78, 5) is 40.7. The predicted octanol–water partition coefficient (Wildman–Crippen LogP) is 1.36. The molecule has 0 bridgehead atoms. The first-order valence-electron chi connectivity index (χ1n) is 7.85. The zero-order valence-corrected chi connectivity index (χ0v) is 13.3. The maximum atomic E-state index is 12.7. The summed E-state index contributed by atoms with van der Waals surface area (Å²) in [7, 11) is 0. The number of carbonyl (C=O) groups is 2. The Morgan fingerprint density at radius 2 is 2.08 bits per heavy atom. The van der Waals surface area contributed by atoms with Crippen molar-refractivity contribution in [1.82, 2.24) is 9.88 Å². The third-order valence-corrected chi connectivity index (χ3v) is 4.47. The van der Waals surface area contributed by atoms with Crippen LogP contribution in [0.3, 0.4) is 0 Å². The summed E-state index contributed by atoms with van der Waals surface area (Å²) in [6, 6.07) is 6.51. The molecule has 3 rings (SSSR count). The number of hydrogen-bond donors (Lipinski definition) is 2. The van der Waals surface area contributed by atoms with Crippen LogP contribution in [-0.2, 0) is 4.79 Å². The van der Waals surface area contributed by atoms with E-state index in [0.29, 0.717) is 24.3 Å². The summed E-state index contributed by atoms with van der Waals surface area (Å²) in [6.07, 6.45) is 2.85. The van der Waals surface area contributed by atoms with E-state index in [1.54, 1.807) is 23.1 Å². The SMILES string of the molecule is C[C@H]1CC[C@@H](C(N)=O)CN1C(=O)c1ccc(-c2ccco2)[nH]c1=O. The van der Waals surface area contributed by atoms with E-state index in [1.807, 2.05) is 6.92 Å². The number of aromatic amines is 1. The van der Waals surface area contributed by atoms with Gasteiger partial charge in [-0.15, -0.1) is 0 Å². The molecule has 3 heterocycles. The smallest absolute Gasteiger partial charge is 0.261 e. The largest absolute Gasteiger partial charge is 0.463 e. The Morgan fingerprint density at radius 1 is 1.29 bits per heavy atom. The zero-order chi connectivity index (χ0) is 17.3. The molecule has 0 unspecified atom stereocenters. The topological polar surface area (TPSA) is 109 Å². The van der Waals surface area contributed by atoms with E-state index in [0.717, 1.165) is 0 Å². The van der Waals surface area contributed by atoms with Crippen LogP contribution in [0.2, 0.25) is 0 Å². The number of amides is 2. The van der Waals surface area contributed by atoms with Crippen molar-refractivity contribution < 1.29 is 14.0 Å². The summed E-state index contributed by atoms with van der Waals surface area (Å²) in [5, 5.41) is 0. The number of H-pyrrole nitrogens is 1. The Bertz CT molecular complexity index is 809. The number of likely N-dealkylation sites (tertiary alicyclic amines) is 1. The van der Waals surface area contributed by atoms with Crippen LogP contribution in [0.25, 0.3) is 11.5 Å². The Morgan fingerprint density at radius 3 is 2.71 bits per heavy atom. The van der Waals surface area contributed by atoms with Gasteiger partial charge in [0.2, 0.25) is 5.91 Å². The lowest BCUT2D eigenvalue weighted by Gasteiger charge is -2.36. The Labute approximate surface area is 138 Å². The third-order valence-electron chi connectivity index (χ3n) is 4.47. The van der Waals surface area contributed by atoms with E-state index in [1.165, 1.54) is 12.3 Å². The lowest BCUT2D eigenvalue weighted by Crippen LogP contribution is -2.49. The molecule has 1 saturated heterocycles. The van der Waals surface area contributed by atoms with Gasteiger partial charge in [0.15, 0.2) is 0 Å². The zero-order valence-electron chi connectivity index (χ0n) is 13.3.